The van der Waals surface area contributed by atoms with Crippen LogP contribution in [0.25, 0.3) is 0 Å². The van der Waals surface area contributed by atoms with Crippen molar-refractivity contribution in [1.82, 2.24) is 0 Å². The van der Waals surface area contributed by atoms with Crippen molar-refractivity contribution < 1.29 is 67.4 Å². The fraction of sp³-hybridized carbons (Fsp3) is 0.722. The Morgan fingerprint density at radius 2 is 0.740 bits per heavy atom. The summed E-state index contributed by atoms with van der Waals surface area (Å²) in [6, 6.07) is 0. The molecular formula is C36H60O14. The molecule has 0 heterocycles. The second-order valence-electron chi connectivity index (χ2n) is 11.1. The van der Waals surface area contributed by atoms with Crippen LogP contribution in [0.2, 0.25) is 0 Å². The van der Waals surface area contributed by atoms with Crippen molar-refractivity contribution in [2.24, 2.45) is 0 Å². The molecule has 0 unspecified atom stereocenters. The van der Waals surface area contributed by atoms with Crippen LogP contribution in [0.5, 0.6) is 0 Å². The van der Waals surface area contributed by atoms with E-state index in [0.717, 1.165) is 62.8 Å². The fourth-order valence-electron chi connectivity index (χ4n) is 3.74. The minimum absolute atomic E-state index is 0.119. The first kappa shape index (κ1) is 48.5. The summed E-state index contributed by atoms with van der Waals surface area (Å²) < 4.78 is 29.7. The van der Waals surface area contributed by atoms with Gasteiger partial charge in [0, 0.05) is 64.1 Å². The van der Waals surface area contributed by atoms with Crippen LogP contribution in [0.1, 0.15) is 110 Å². The lowest BCUT2D eigenvalue weighted by Gasteiger charge is -2.05. The van der Waals surface area contributed by atoms with Gasteiger partial charge in [-0.1, -0.05) is 0 Å². The molecule has 14 heteroatoms. The third-order valence-corrected chi connectivity index (χ3v) is 6.50. The molecule has 0 atom stereocenters. The Balaban J connectivity index is 0. The van der Waals surface area contributed by atoms with Crippen molar-refractivity contribution in [2.45, 2.75) is 110 Å². The highest BCUT2D eigenvalue weighted by atomic mass is 16.5. The van der Waals surface area contributed by atoms with Crippen molar-refractivity contribution in [1.29, 1.82) is 0 Å². The molecule has 0 rings (SSSR count). The first-order valence-corrected chi connectivity index (χ1v) is 17.5. The third-order valence-electron chi connectivity index (χ3n) is 6.50. The zero-order chi connectivity index (χ0) is 37.5. The number of unbranched alkanes of at least 4 members (excludes halogenated alkanes) is 9. The number of esters is 5. The topological polar surface area (TPSA) is 198 Å². The van der Waals surface area contributed by atoms with E-state index < -0.39 is 23.9 Å². The van der Waals surface area contributed by atoms with Gasteiger partial charge in [0.25, 0.3) is 0 Å². The molecule has 288 valence electrons. The number of Topliss-reactive ketones (excluding diaryl/α,β-unsaturated/α-hetero) is 1. The molecule has 0 aromatic rings. The van der Waals surface area contributed by atoms with E-state index in [-0.39, 0.29) is 44.8 Å². The first-order valence-electron chi connectivity index (χ1n) is 17.5. The van der Waals surface area contributed by atoms with Crippen LogP contribution in [0.4, 0.5) is 0 Å². The molecule has 0 fully saturated rings. The van der Waals surface area contributed by atoms with Crippen molar-refractivity contribution in [3.63, 3.8) is 0 Å². The standard InChI is InChI=1S/C21H34O8.C15H26O6/c1-18(23)10-4-5-11-19(24)27-16-8-3-9-17-29-21(26)13-12-20(25)28-15-7-2-6-14-22;1-19-11-5-3-7-13-21-15(18)9-8-14(17)20-12-6-2-4-10-16/h12-13,22H,2-11,14-17H2,1H3;8-9,16H,2-7,10-13H2,1H3/b13-12-;9-8-. The van der Waals surface area contributed by atoms with E-state index >= 15 is 0 Å². The number of hydrogen-bond donors (Lipinski definition) is 2. The van der Waals surface area contributed by atoms with Crippen LogP contribution in [0.3, 0.4) is 0 Å². The van der Waals surface area contributed by atoms with E-state index in [1.54, 1.807) is 7.11 Å². The maximum absolute atomic E-state index is 11.5. The highest BCUT2D eigenvalue weighted by Crippen LogP contribution is 2.04. The summed E-state index contributed by atoms with van der Waals surface area (Å²) in [6.07, 6.45) is 15.4. The lowest BCUT2D eigenvalue weighted by molar-refractivity contribution is -0.144. The summed E-state index contributed by atoms with van der Waals surface area (Å²) >= 11 is 0. The number of rotatable bonds is 31. The highest BCUT2D eigenvalue weighted by molar-refractivity contribution is 5.92. The van der Waals surface area contributed by atoms with Gasteiger partial charge in [-0.15, -0.1) is 0 Å². The summed E-state index contributed by atoms with van der Waals surface area (Å²) in [6.45, 7) is 3.92. The maximum atomic E-state index is 11.5. The van der Waals surface area contributed by atoms with Crippen LogP contribution < -0.4 is 0 Å². The number of carbonyl (C=O) groups excluding carboxylic acids is 6. The predicted octanol–water partition coefficient (Wildman–Crippen LogP) is 4.26. The number of aliphatic hydroxyl groups is 2. The number of aliphatic hydroxyl groups excluding tert-OH is 2. The molecule has 2 N–H and O–H groups in total. The Morgan fingerprint density at radius 3 is 1.08 bits per heavy atom. The maximum Gasteiger partial charge on any atom is 0.331 e. The zero-order valence-corrected chi connectivity index (χ0v) is 30.1. The van der Waals surface area contributed by atoms with Gasteiger partial charge >= 0.3 is 29.8 Å². The largest absolute Gasteiger partial charge is 0.466 e. The van der Waals surface area contributed by atoms with Crippen LogP contribution >= 0.6 is 0 Å². The molecule has 0 saturated carbocycles. The van der Waals surface area contributed by atoms with Crippen molar-refractivity contribution in [3.05, 3.63) is 24.3 Å². The molecule has 0 saturated heterocycles. The molecule has 0 amide bonds. The molecule has 0 aliphatic carbocycles. The number of ketones is 1. The van der Waals surface area contributed by atoms with E-state index in [1.807, 2.05) is 0 Å². The van der Waals surface area contributed by atoms with Crippen LogP contribution in [-0.2, 0) is 57.2 Å². The van der Waals surface area contributed by atoms with Gasteiger partial charge in [0.15, 0.2) is 0 Å². The smallest absolute Gasteiger partial charge is 0.331 e. The molecule has 0 aromatic carbocycles. The normalized spacial score (nSPS) is 10.7. The van der Waals surface area contributed by atoms with Crippen LogP contribution in [-0.4, -0.2) is 106 Å². The van der Waals surface area contributed by atoms with Crippen molar-refractivity contribution in [2.75, 3.05) is 60.0 Å². The van der Waals surface area contributed by atoms with Gasteiger partial charge in [-0.05, 0) is 96.8 Å². The average molecular weight is 717 g/mol. The predicted molar refractivity (Wildman–Crippen MR) is 184 cm³/mol. The lowest BCUT2D eigenvalue weighted by atomic mass is 10.1. The fourth-order valence-corrected chi connectivity index (χ4v) is 3.74. The average Bonchev–Trinajstić information content (AvgIpc) is 3.09. The minimum Gasteiger partial charge on any atom is -0.466 e. The lowest BCUT2D eigenvalue weighted by Crippen LogP contribution is -2.07. The summed E-state index contributed by atoms with van der Waals surface area (Å²) in [5, 5.41) is 17.2. The number of methoxy groups -OCH3 is 1. The summed E-state index contributed by atoms with van der Waals surface area (Å²) in [5.41, 5.74) is 0. The molecular weight excluding hydrogens is 656 g/mol. The molecule has 14 nitrogen and oxygen atoms in total. The van der Waals surface area contributed by atoms with Crippen LogP contribution in [0.15, 0.2) is 24.3 Å². The number of ether oxygens (including phenoxy) is 6. The quantitative estimate of drug-likeness (QED) is 0.0446. The monoisotopic (exact) mass is 716 g/mol. The summed E-state index contributed by atoms with van der Waals surface area (Å²) in [7, 11) is 1.65. The molecule has 0 aliphatic heterocycles. The molecule has 50 heavy (non-hydrogen) atoms. The molecule has 0 aromatic heterocycles. The molecule has 0 spiro atoms. The molecule has 0 aliphatic rings. The van der Waals surface area contributed by atoms with Crippen molar-refractivity contribution >= 4 is 35.6 Å². The minimum atomic E-state index is -0.612. The second kappa shape index (κ2) is 38.2. The van der Waals surface area contributed by atoms with Gasteiger partial charge in [-0.25, -0.2) is 19.2 Å². The Bertz CT molecular complexity index is 960. The molecule has 0 bridgehead atoms. The van der Waals surface area contributed by atoms with E-state index in [9.17, 15) is 28.8 Å². The number of carbonyl (C=O) groups is 6. The zero-order valence-electron chi connectivity index (χ0n) is 30.1. The van der Waals surface area contributed by atoms with Gasteiger partial charge in [0.2, 0.25) is 0 Å². The van der Waals surface area contributed by atoms with E-state index in [1.165, 1.54) is 6.92 Å². The Labute approximate surface area is 296 Å². The van der Waals surface area contributed by atoms with Crippen molar-refractivity contribution in [3.8, 4) is 0 Å². The summed E-state index contributed by atoms with van der Waals surface area (Å²) in [4.78, 5) is 67.6. The summed E-state index contributed by atoms with van der Waals surface area (Å²) in [5.74, 6) is -2.45. The number of hydrogen-bond acceptors (Lipinski definition) is 14. The SMILES string of the molecule is CC(=O)CCCCC(=O)OCCCCCOC(=O)/C=C\C(=O)OCCCCCO.COCCCCCOC(=O)/C=C\C(=O)OCCCCCO. The third kappa shape index (κ3) is 40.6. The van der Waals surface area contributed by atoms with E-state index in [2.05, 4.69) is 0 Å². The van der Waals surface area contributed by atoms with Gasteiger partial charge in [-0.2, -0.15) is 0 Å². The second-order valence-corrected chi connectivity index (χ2v) is 11.1. The van der Waals surface area contributed by atoms with Gasteiger partial charge in [0.1, 0.15) is 5.78 Å². The Morgan fingerprint density at radius 1 is 0.420 bits per heavy atom. The highest BCUT2D eigenvalue weighted by Gasteiger charge is 2.05. The van der Waals surface area contributed by atoms with Gasteiger partial charge < -0.3 is 43.4 Å². The Hall–Kier alpha value is -3.62. The van der Waals surface area contributed by atoms with Gasteiger partial charge in [0.05, 0.1) is 33.0 Å². The van der Waals surface area contributed by atoms with E-state index in [4.69, 9.17) is 38.6 Å². The van der Waals surface area contributed by atoms with Gasteiger partial charge in [-0.3, -0.25) is 4.79 Å². The Kier molecular flexibility index (Phi) is 37.0. The first-order chi connectivity index (χ1) is 24.2. The van der Waals surface area contributed by atoms with Crippen LogP contribution in [0, 0.1) is 0 Å². The molecule has 0 radical (unpaired) electrons. The van der Waals surface area contributed by atoms with E-state index in [0.29, 0.717) is 84.0 Å².